The van der Waals surface area contributed by atoms with Crippen LogP contribution >= 0.6 is 0 Å². The molecule has 0 spiro atoms. The molecule has 0 bridgehead atoms. The minimum absolute atomic E-state index is 0.0742. The third kappa shape index (κ3) is 3.26. The highest BCUT2D eigenvalue weighted by molar-refractivity contribution is 5.83. The van der Waals surface area contributed by atoms with Crippen LogP contribution in [0.5, 0.6) is 5.75 Å². The summed E-state index contributed by atoms with van der Waals surface area (Å²) in [7, 11) is 1.81. The van der Waals surface area contributed by atoms with Crippen molar-refractivity contribution in [2.45, 2.75) is 32.4 Å². The van der Waals surface area contributed by atoms with E-state index in [1.54, 1.807) is 4.90 Å². The summed E-state index contributed by atoms with van der Waals surface area (Å²) in [5, 5.41) is 3.37. The fraction of sp³-hybridized carbons (Fsp3) is 0.533. The van der Waals surface area contributed by atoms with Crippen molar-refractivity contribution in [3.8, 4) is 5.75 Å². The summed E-state index contributed by atoms with van der Waals surface area (Å²) in [5.41, 5.74) is 1.18. The van der Waals surface area contributed by atoms with E-state index in [-0.39, 0.29) is 18.1 Å². The van der Waals surface area contributed by atoms with Crippen LogP contribution in [0.25, 0.3) is 0 Å². The summed E-state index contributed by atoms with van der Waals surface area (Å²) in [6, 6.07) is 8.26. The number of hydrogen-bond acceptors (Lipinski definition) is 3. The minimum Gasteiger partial charge on any atom is -0.481 e. The zero-order valence-electron chi connectivity index (χ0n) is 11.8. The van der Waals surface area contributed by atoms with Crippen LogP contribution < -0.4 is 10.1 Å². The smallest absolute Gasteiger partial charge is 0.263 e. The first-order valence-corrected chi connectivity index (χ1v) is 6.86. The average molecular weight is 262 g/mol. The molecule has 104 valence electrons. The highest BCUT2D eigenvalue weighted by Crippen LogP contribution is 2.22. The van der Waals surface area contributed by atoms with Crippen molar-refractivity contribution in [1.82, 2.24) is 10.2 Å². The lowest BCUT2D eigenvalue weighted by atomic mass is 10.1. The Morgan fingerprint density at radius 3 is 2.95 bits per heavy atom. The van der Waals surface area contributed by atoms with E-state index in [1.807, 2.05) is 25.2 Å². The van der Waals surface area contributed by atoms with Crippen molar-refractivity contribution >= 4 is 5.91 Å². The number of ether oxygens (including phenoxy) is 1. The van der Waals surface area contributed by atoms with Crippen molar-refractivity contribution in [2.75, 3.05) is 20.1 Å². The van der Waals surface area contributed by atoms with Crippen LogP contribution in [0.3, 0.4) is 0 Å². The Morgan fingerprint density at radius 1 is 1.53 bits per heavy atom. The summed E-state index contributed by atoms with van der Waals surface area (Å²) in [4.78, 5) is 13.5. The molecule has 1 amide bonds. The fourth-order valence-corrected chi connectivity index (χ4v) is 2.35. The highest BCUT2D eigenvalue weighted by Gasteiger charge is 2.30. The molecule has 19 heavy (non-hydrogen) atoms. The predicted octanol–water partition coefficient (Wildman–Crippen LogP) is 1.97. The van der Waals surface area contributed by atoms with Gasteiger partial charge in [0.05, 0.1) is 0 Å². The average Bonchev–Trinajstić information content (AvgIpc) is 2.71. The van der Waals surface area contributed by atoms with Gasteiger partial charge >= 0.3 is 0 Å². The zero-order chi connectivity index (χ0) is 13.8. The van der Waals surface area contributed by atoms with Crippen LogP contribution in [0.1, 0.15) is 31.9 Å². The number of nitrogens with zero attached hydrogens (tertiary/aromatic N) is 1. The van der Waals surface area contributed by atoms with Gasteiger partial charge in [0.1, 0.15) is 5.75 Å². The minimum atomic E-state index is -0.324. The highest BCUT2D eigenvalue weighted by atomic mass is 16.5. The predicted molar refractivity (Wildman–Crippen MR) is 75.2 cm³/mol. The molecule has 1 saturated heterocycles. The topological polar surface area (TPSA) is 41.6 Å². The number of benzene rings is 1. The summed E-state index contributed by atoms with van der Waals surface area (Å²) in [6.45, 7) is 5.91. The molecule has 0 saturated carbocycles. The molecule has 1 aliphatic heterocycles. The molecule has 1 N–H and O–H groups in total. The van der Waals surface area contributed by atoms with E-state index in [1.165, 1.54) is 5.56 Å². The molecule has 2 unspecified atom stereocenters. The van der Waals surface area contributed by atoms with Gasteiger partial charge in [0.15, 0.2) is 6.10 Å². The lowest BCUT2D eigenvalue weighted by molar-refractivity contribution is -0.132. The van der Waals surface area contributed by atoms with E-state index in [0.29, 0.717) is 0 Å². The first-order chi connectivity index (χ1) is 9.11. The third-order valence-electron chi connectivity index (χ3n) is 3.53. The molecular formula is C15H22N2O2. The van der Waals surface area contributed by atoms with Crippen molar-refractivity contribution in [1.29, 1.82) is 0 Å². The summed E-state index contributed by atoms with van der Waals surface area (Å²) in [6.07, 6.45) is 0.442. The molecule has 1 heterocycles. The van der Waals surface area contributed by atoms with Crippen LogP contribution in [0.2, 0.25) is 0 Å². The summed E-state index contributed by atoms with van der Waals surface area (Å²) >= 11 is 0. The van der Waals surface area contributed by atoms with Gasteiger partial charge in [0.2, 0.25) is 0 Å². The maximum absolute atomic E-state index is 11.8. The van der Waals surface area contributed by atoms with E-state index in [0.717, 1.165) is 25.3 Å². The molecule has 2 rings (SSSR count). The van der Waals surface area contributed by atoms with E-state index in [4.69, 9.17) is 4.74 Å². The zero-order valence-corrected chi connectivity index (χ0v) is 11.8. The van der Waals surface area contributed by atoms with Crippen molar-refractivity contribution in [2.24, 2.45) is 0 Å². The van der Waals surface area contributed by atoms with Crippen molar-refractivity contribution < 1.29 is 9.53 Å². The molecule has 1 fully saturated rings. The third-order valence-corrected chi connectivity index (χ3v) is 3.53. The number of carbonyl (C=O) groups is 1. The maximum atomic E-state index is 11.8. The number of nitrogens with one attached hydrogen (secondary N) is 1. The number of rotatable bonds is 5. The first kappa shape index (κ1) is 13.9. The second-order valence-corrected chi connectivity index (χ2v) is 5.01. The van der Waals surface area contributed by atoms with Gasteiger partial charge in [-0.15, -0.1) is 0 Å². The van der Waals surface area contributed by atoms with Gasteiger partial charge < -0.3 is 15.0 Å². The molecule has 1 aromatic rings. The summed E-state index contributed by atoms with van der Waals surface area (Å²) in [5.74, 6) is 0.848. The van der Waals surface area contributed by atoms with Gasteiger partial charge in [-0.1, -0.05) is 19.1 Å². The maximum Gasteiger partial charge on any atom is 0.263 e. The van der Waals surface area contributed by atoms with E-state index in [9.17, 15) is 4.79 Å². The van der Waals surface area contributed by atoms with E-state index < -0.39 is 0 Å². The number of amides is 1. The Balaban J connectivity index is 2.05. The molecule has 2 atom stereocenters. The Morgan fingerprint density at radius 2 is 2.32 bits per heavy atom. The Bertz CT molecular complexity index is 448. The normalized spacial score (nSPS) is 20.7. The molecule has 4 heteroatoms. The van der Waals surface area contributed by atoms with Crippen molar-refractivity contribution in [3.05, 3.63) is 29.8 Å². The molecule has 0 radical (unpaired) electrons. The van der Waals surface area contributed by atoms with Gasteiger partial charge in [-0.2, -0.15) is 0 Å². The SMILES string of the molecule is CCNC(C)c1cccc(OC2CCN(C)C2=O)c1. The molecule has 1 aliphatic rings. The molecule has 0 aliphatic carbocycles. The Labute approximate surface area is 114 Å². The molecule has 4 nitrogen and oxygen atoms in total. The largest absolute Gasteiger partial charge is 0.481 e. The van der Waals surface area contributed by atoms with E-state index >= 15 is 0 Å². The molecule has 1 aromatic carbocycles. The monoisotopic (exact) mass is 262 g/mol. The van der Waals surface area contributed by atoms with Crippen LogP contribution in [-0.4, -0.2) is 37.0 Å². The van der Waals surface area contributed by atoms with Gasteiger partial charge in [0, 0.05) is 26.1 Å². The van der Waals surface area contributed by atoms with Crippen LogP contribution in [0.15, 0.2) is 24.3 Å². The number of carbonyl (C=O) groups excluding carboxylic acids is 1. The molecular weight excluding hydrogens is 240 g/mol. The van der Waals surface area contributed by atoms with Crippen LogP contribution in [-0.2, 0) is 4.79 Å². The fourth-order valence-electron chi connectivity index (χ4n) is 2.35. The second-order valence-electron chi connectivity index (χ2n) is 5.01. The Hall–Kier alpha value is -1.55. The van der Waals surface area contributed by atoms with E-state index in [2.05, 4.69) is 25.2 Å². The standard InChI is InChI=1S/C15H22N2O2/c1-4-16-11(2)12-6-5-7-13(10-12)19-14-8-9-17(3)15(14)18/h5-7,10-11,14,16H,4,8-9H2,1-3H3. The quantitative estimate of drug-likeness (QED) is 0.882. The molecule has 0 aromatic heterocycles. The number of likely N-dealkylation sites (N-methyl/N-ethyl adjacent to an activating group) is 1. The van der Waals surface area contributed by atoms with Gasteiger partial charge in [-0.05, 0) is 31.2 Å². The summed E-state index contributed by atoms with van der Waals surface area (Å²) < 4.78 is 5.81. The van der Waals surface area contributed by atoms with Gasteiger partial charge in [0.25, 0.3) is 5.91 Å². The van der Waals surface area contributed by atoms with Gasteiger partial charge in [-0.3, -0.25) is 4.79 Å². The van der Waals surface area contributed by atoms with Crippen LogP contribution in [0.4, 0.5) is 0 Å². The van der Waals surface area contributed by atoms with Crippen LogP contribution in [0, 0.1) is 0 Å². The lowest BCUT2D eigenvalue weighted by Gasteiger charge is -2.16. The first-order valence-electron chi connectivity index (χ1n) is 6.86. The van der Waals surface area contributed by atoms with Crippen molar-refractivity contribution in [3.63, 3.8) is 0 Å². The number of hydrogen-bond donors (Lipinski definition) is 1. The Kier molecular flexibility index (Phi) is 4.43. The lowest BCUT2D eigenvalue weighted by Crippen LogP contribution is -2.29. The van der Waals surface area contributed by atoms with Gasteiger partial charge in [-0.25, -0.2) is 0 Å². The number of likely N-dealkylation sites (tertiary alicyclic amines) is 1. The second kappa shape index (κ2) is 6.06.